The smallest absolute Gasteiger partial charge is 0.358 e. The molecule has 0 unspecified atom stereocenters. The first-order valence-corrected chi connectivity index (χ1v) is 7.24. The average Bonchev–Trinajstić information content (AvgIpc) is 3.13. The Morgan fingerprint density at radius 3 is 2.81 bits per heavy atom. The van der Waals surface area contributed by atoms with E-state index in [4.69, 9.17) is 16.3 Å². The lowest BCUT2D eigenvalue weighted by Crippen LogP contribution is -2.05. The number of carbonyl (C=O) groups excluding carboxylic acids is 1. The summed E-state index contributed by atoms with van der Waals surface area (Å²) in [5.41, 5.74) is 0.966. The molecule has 0 aliphatic carbocycles. The Bertz CT molecular complexity index is 783. The molecule has 0 atom stereocenters. The highest BCUT2D eigenvalue weighted by atomic mass is 35.5. The van der Waals surface area contributed by atoms with Gasteiger partial charge in [-0.3, -0.25) is 0 Å². The van der Waals surface area contributed by atoms with Crippen LogP contribution >= 0.6 is 22.9 Å². The summed E-state index contributed by atoms with van der Waals surface area (Å²) < 4.78 is 6.99. The first-order valence-electron chi connectivity index (χ1n) is 6.04. The van der Waals surface area contributed by atoms with Gasteiger partial charge in [-0.2, -0.15) is 5.10 Å². The lowest BCUT2D eigenvalue weighted by Gasteiger charge is -2.03. The number of thiophene rings is 1. The summed E-state index contributed by atoms with van der Waals surface area (Å²) in [6, 6.07) is 10.8. The second-order valence-electron chi connectivity index (χ2n) is 4.11. The Kier molecular flexibility index (Phi) is 3.72. The molecule has 3 aromatic rings. The van der Waals surface area contributed by atoms with Crippen molar-refractivity contribution in [2.24, 2.45) is 0 Å². The van der Waals surface area contributed by atoms with Gasteiger partial charge in [-0.1, -0.05) is 17.7 Å². The summed E-state index contributed by atoms with van der Waals surface area (Å²) in [5, 5.41) is 4.28. The molecule has 0 bridgehead atoms. The van der Waals surface area contributed by atoms with Crippen LogP contribution in [0.25, 0.3) is 16.4 Å². The molecule has 0 spiro atoms. The van der Waals surface area contributed by atoms with Crippen LogP contribution in [-0.4, -0.2) is 27.8 Å². The zero-order valence-corrected chi connectivity index (χ0v) is 12.6. The number of methoxy groups -OCH3 is 1. The molecule has 0 aliphatic heterocycles. The van der Waals surface area contributed by atoms with Crippen molar-refractivity contribution in [3.8, 4) is 16.4 Å². The Morgan fingerprint density at radius 2 is 2.19 bits per heavy atom. The van der Waals surface area contributed by atoms with Gasteiger partial charge in [0.15, 0.2) is 11.5 Å². The fourth-order valence-electron chi connectivity index (χ4n) is 1.87. The number of carbonyl (C=O) groups is 1. The number of pyridine rings is 1. The van der Waals surface area contributed by atoms with Gasteiger partial charge in [0.2, 0.25) is 0 Å². The second-order valence-corrected chi connectivity index (χ2v) is 5.82. The van der Waals surface area contributed by atoms with E-state index < -0.39 is 5.97 Å². The zero-order chi connectivity index (χ0) is 14.8. The molecule has 106 valence electrons. The molecule has 0 N–H and O–H groups in total. The highest BCUT2D eigenvalue weighted by molar-refractivity contribution is 7.19. The number of halogens is 1. The molecule has 7 heteroatoms. The van der Waals surface area contributed by atoms with E-state index in [1.165, 1.54) is 18.4 Å². The molecule has 0 radical (unpaired) electrons. The van der Waals surface area contributed by atoms with Crippen molar-refractivity contribution in [1.82, 2.24) is 14.8 Å². The molecule has 3 rings (SSSR count). The summed E-state index contributed by atoms with van der Waals surface area (Å²) in [6.07, 6.45) is 1.67. The average molecular weight is 320 g/mol. The molecular weight excluding hydrogens is 310 g/mol. The van der Waals surface area contributed by atoms with Crippen LogP contribution in [-0.2, 0) is 4.74 Å². The van der Waals surface area contributed by atoms with Crippen molar-refractivity contribution in [3.63, 3.8) is 0 Å². The third-order valence-electron chi connectivity index (χ3n) is 2.80. The number of aromatic nitrogens is 3. The normalized spacial score (nSPS) is 10.6. The molecule has 3 aromatic heterocycles. The number of hydrogen-bond acceptors (Lipinski definition) is 5. The number of hydrogen-bond donors (Lipinski definition) is 0. The van der Waals surface area contributed by atoms with E-state index in [0.717, 1.165) is 10.6 Å². The van der Waals surface area contributed by atoms with Gasteiger partial charge in [0.1, 0.15) is 0 Å². The second kappa shape index (κ2) is 5.67. The molecule has 0 amide bonds. The van der Waals surface area contributed by atoms with Gasteiger partial charge in [-0.05, 0) is 24.3 Å². The lowest BCUT2D eigenvalue weighted by molar-refractivity contribution is 0.0593. The monoisotopic (exact) mass is 319 g/mol. The number of nitrogens with zero attached hydrogens (tertiary/aromatic N) is 3. The van der Waals surface area contributed by atoms with E-state index in [9.17, 15) is 4.79 Å². The maximum Gasteiger partial charge on any atom is 0.358 e. The minimum Gasteiger partial charge on any atom is -0.464 e. The van der Waals surface area contributed by atoms with Gasteiger partial charge >= 0.3 is 5.97 Å². The number of esters is 1. The largest absolute Gasteiger partial charge is 0.464 e. The van der Waals surface area contributed by atoms with E-state index in [1.807, 2.05) is 24.3 Å². The van der Waals surface area contributed by atoms with E-state index in [2.05, 4.69) is 10.1 Å². The minimum atomic E-state index is -0.492. The van der Waals surface area contributed by atoms with Crippen molar-refractivity contribution in [2.75, 3.05) is 7.11 Å². The Hall–Kier alpha value is -2.18. The molecule has 0 saturated carbocycles. The van der Waals surface area contributed by atoms with Gasteiger partial charge in [0.25, 0.3) is 0 Å². The summed E-state index contributed by atoms with van der Waals surface area (Å²) in [4.78, 5) is 16.9. The third kappa shape index (κ3) is 2.68. The first kappa shape index (κ1) is 13.8. The lowest BCUT2D eigenvalue weighted by atomic mass is 10.3. The van der Waals surface area contributed by atoms with Gasteiger partial charge in [-0.15, -0.1) is 11.3 Å². The van der Waals surface area contributed by atoms with Gasteiger partial charge in [-0.25, -0.2) is 14.5 Å². The van der Waals surface area contributed by atoms with Crippen LogP contribution in [0.15, 0.2) is 42.6 Å². The molecule has 0 saturated heterocycles. The van der Waals surface area contributed by atoms with Crippen LogP contribution in [0.3, 0.4) is 0 Å². The molecular formula is C14H10ClN3O2S. The fourth-order valence-corrected chi connectivity index (χ4v) is 2.91. The highest BCUT2D eigenvalue weighted by Crippen LogP contribution is 2.32. The van der Waals surface area contributed by atoms with Crippen LogP contribution in [0.5, 0.6) is 0 Å². The van der Waals surface area contributed by atoms with Crippen LogP contribution in [0.2, 0.25) is 4.34 Å². The summed E-state index contributed by atoms with van der Waals surface area (Å²) >= 11 is 7.39. The predicted molar refractivity (Wildman–Crippen MR) is 81.0 cm³/mol. The maximum absolute atomic E-state index is 11.7. The zero-order valence-electron chi connectivity index (χ0n) is 11.0. The molecule has 5 nitrogen and oxygen atoms in total. The number of rotatable bonds is 3. The SMILES string of the molecule is COC(=O)c1cc(-c2ccc(Cl)s2)n(-c2ccccn2)n1. The van der Waals surface area contributed by atoms with E-state index in [0.29, 0.717) is 10.2 Å². The van der Waals surface area contributed by atoms with Crippen molar-refractivity contribution >= 4 is 28.9 Å². The topological polar surface area (TPSA) is 57.0 Å². The van der Waals surface area contributed by atoms with E-state index in [1.54, 1.807) is 23.0 Å². The van der Waals surface area contributed by atoms with Crippen molar-refractivity contribution in [3.05, 3.63) is 52.6 Å². The quantitative estimate of drug-likeness (QED) is 0.694. The van der Waals surface area contributed by atoms with Crippen molar-refractivity contribution < 1.29 is 9.53 Å². The summed E-state index contributed by atoms with van der Waals surface area (Å²) in [6.45, 7) is 0. The third-order valence-corrected chi connectivity index (χ3v) is 4.05. The molecule has 0 fully saturated rings. The van der Waals surface area contributed by atoms with Crippen molar-refractivity contribution in [2.45, 2.75) is 0 Å². The van der Waals surface area contributed by atoms with Crippen LogP contribution in [0.4, 0.5) is 0 Å². The number of ether oxygens (including phenoxy) is 1. The first-order chi connectivity index (χ1) is 10.2. The van der Waals surface area contributed by atoms with Gasteiger partial charge in [0, 0.05) is 12.3 Å². The standard InChI is InChI=1S/C14H10ClN3O2S/c1-20-14(19)9-8-10(11-5-6-12(15)21-11)18(17-9)13-4-2-3-7-16-13/h2-8H,1H3. The minimum absolute atomic E-state index is 0.225. The summed E-state index contributed by atoms with van der Waals surface area (Å²) in [7, 11) is 1.32. The van der Waals surface area contributed by atoms with Gasteiger partial charge < -0.3 is 4.74 Å². The molecule has 3 heterocycles. The fraction of sp³-hybridized carbons (Fsp3) is 0.0714. The maximum atomic E-state index is 11.7. The molecule has 0 aromatic carbocycles. The predicted octanol–water partition coefficient (Wildman–Crippen LogP) is 3.44. The highest BCUT2D eigenvalue weighted by Gasteiger charge is 2.18. The van der Waals surface area contributed by atoms with Crippen molar-refractivity contribution in [1.29, 1.82) is 0 Å². The Balaban J connectivity index is 2.17. The Morgan fingerprint density at radius 1 is 1.33 bits per heavy atom. The van der Waals surface area contributed by atoms with Crippen LogP contribution in [0, 0.1) is 0 Å². The van der Waals surface area contributed by atoms with E-state index in [-0.39, 0.29) is 5.69 Å². The molecule has 0 aliphatic rings. The van der Waals surface area contributed by atoms with E-state index >= 15 is 0 Å². The van der Waals surface area contributed by atoms with Gasteiger partial charge in [0.05, 0.1) is 22.0 Å². The van der Waals surface area contributed by atoms with Crippen LogP contribution in [0.1, 0.15) is 10.5 Å². The Labute approximate surface area is 129 Å². The summed E-state index contributed by atoms with van der Waals surface area (Å²) in [5.74, 6) is 0.126. The molecule has 21 heavy (non-hydrogen) atoms. The van der Waals surface area contributed by atoms with Crippen LogP contribution < -0.4 is 0 Å².